The van der Waals surface area contributed by atoms with Gasteiger partial charge in [0.25, 0.3) is 15.9 Å². The zero-order valence-electron chi connectivity index (χ0n) is 22.7. The SMILES string of the molecule is Cc1ccc(S(=O)(=O)Nc2ccc3c(c2)C(=O)N([C@H](C)CO)C[C@@H](C)[C@@H](CN(C)Cc2ccncc2)O3)cc1. The van der Waals surface area contributed by atoms with Crippen molar-refractivity contribution in [2.75, 3.05) is 31.5 Å². The van der Waals surface area contributed by atoms with Crippen molar-refractivity contribution < 1.29 is 23.1 Å². The van der Waals surface area contributed by atoms with E-state index in [1.807, 2.05) is 33.0 Å². The van der Waals surface area contributed by atoms with E-state index in [0.29, 0.717) is 25.4 Å². The number of anilines is 1. The molecule has 2 aromatic carbocycles. The van der Waals surface area contributed by atoms with Crippen LogP contribution in [0.2, 0.25) is 0 Å². The summed E-state index contributed by atoms with van der Waals surface area (Å²) in [5.74, 6) is 0.0244. The minimum Gasteiger partial charge on any atom is -0.488 e. The standard InChI is InChI=1S/C29H36N4O5S/c1-20-5-8-25(9-6-20)39(36,37)31-24-7-10-27-26(15-24)29(35)33(22(3)19-34)16-21(2)28(38-27)18-32(4)17-23-11-13-30-14-12-23/h5-15,21-22,28,31,34H,16-19H2,1-4H3/t21-,22-,28-/m1/s1. The Morgan fingerprint density at radius 1 is 1.15 bits per heavy atom. The number of aryl methyl sites for hydroxylation is 1. The Morgan fingerprint density at radius 3 is 2.51 bits per heavy atom. The number of fused-ring (bicyclic) bond motifs is 1. The van der Waals surface area contributed by atoms with Crippen molar-refractivity contribution in [3.8, 4) is 5.75 Å². The number of pyridine rings is 1. The van der Waals surface area contributed by atoms with Crippen LogP contribution in [0.15, 0.2) is 71.9 Å². The van der Waals surface area contributed by atoms with Crippen molar-refractivity contribution in [1.29, 1.82) is 0 Å². The van der Waals surface area contributed by atoms with Crippen molar-refractivity contribution in [1.82, 2.24) is 14.8 Å². The van der Waals surface area contributed by atoms with Crippen LogP contribution >= 0.6 is 0 Å². The van der Waals surface area contributed by atoms with Gasteiger partial charge in [-0.15, -0.1) is 0 Å². The molecule has 2 heterocycles. The minimum atomic E-state index is -3.86. The van der Waals surface area contributed by atoms with Gasteiger partial charge in [-0.2, -0.15) is 0 Å². The van der Waals surface area contributed by atoms with Crippen LogP contribution in [0.4, 0.5) is 5.69 Å². The summed E-state index contributed by atoms with van der Waals surface area (Å²) in [6, 6.07) is 14.8. The molecule has 4 rings (SSSR count). The highest BCUT2D eigenvalue weighted by Gasteiger charge is 2.33. The maximum absolute atomic E-state index is 13.7. The second kappa shape index (κ2) is 12.1. The summed E-state index contributed by atoms with van der Waals surface area (Å²) in [5, 5.41) is 9.90. The van der Waals surface area contributed by atoms with Crippen LogP contribution in [-0.2, 0) is 16.6 Å². The maximum Gasteiger partial charge on any atom is 0.261 e. The Labute approximate surface area is 230 Å². The number of carbonyl (C=O) groups excluding carboxylic acids is 1. The number of nitrogens with one attached hydrogen (secondary N) is 1. The molecule has 0 saturated carbocycles. The van der Waals surface area contributed by atoms with E-state index in [-0.39, 0.29) is 40.7 Å². The number of amides is 1. The van der Waals surface area contributed by atoms with Gasteiger partial charge in [0.1, 0.15) is 11.9 Å². The summed E-state index contributed by atoms with van der Waals surface area (Å²) in [7, 11) is -1.84. The molecule has 9 nitrogen and oxygen atoms in total. The van der Waals surface area contributed by atoms with Crippen molar-refractivity contribution in [2.45, 2.75) is 44.4 Å². The Hall–Kier alpha value is -3.47. The van der Waals surface area contributed by atoms with E-state index in [2.05, 4.69) is 14.6 Å². The third kappa shape index (κ3) is 6.95. The zero-order chi connectivity index (χ0) is 28.2. The Morgan fingerprint density at radius 2 is 1.85 bits per heavy atom. The highest BCUT2D eigenvalue weighted by atomic mass is 32.2. The first-order chi connectivity index (χ1) is 18.6. The first-order valence-electron chi connectivity index (χ1n) is 13.0. The fourth-order valence-electron chi connectivity index (χ4n) is 4.61. The van der Waals surface area contributed by atoms with Crippen LogP contribution in [0.3, 0.4) is 0 Å². The lowest BCUT2D eigenvalue weighted by atomic mass is 9.99. The van der Waals surface area contributed by atoms with Crippen molar-refractivity contribution in [2.24, 2.45) is 5.92 Å². The van der Waals surface area contributed by atoms with Gasteiger partial charge < -0.3 is 14.7 Å². The van der Waals surface area contributed by atoms with E-state index in [0.717, 1.165) is 11.1 Å². The van der Waals surface area contributed by atoms with Gasteiger partial charge >= 0.3 is 0 Å². The molecule has 0 aliphatic carbocycles. The lowest BCUT2D eigenvalue weighted by Gasteiger charge is -2.38. The van der Waals surface area contributed by atoms with Gasteiger partial charge in [0.2, 0.25) is 0 Å². The van der Waals surface area contributed by atoms with E-state index >= 15 is 0 Å². The van der Waals surface area contributed by atoms with Crippen molar-refractivity contribution >= 4 is 21.6 Å². The van der Waals surface area contributed by atoms with E-state index in [1.165, 1.54) is 6.07 Å². The number of rotatable bonds is 9. The molecule has 10 heteroatoms. The largest absolute Gasteiger partial charge is 0.488 e. The van der Waals surface area contributed by atoms with E-state index in [9.17, 15) is 18.3 Å². The average molecular weight is 553 g/mol. The van der Waals surface area contributed by atoms with E-state index in [4.69, 9.17) is 4.74 Å². The smallest absolute Gasteiger partial charge is 0.261 e. The third-order valence-corrected chi connectivity index (χ3v) is 8.34. The number of aliphatic hydroxyl groups excluding tert-OH is 1. The summed E-state index contributed by atoms with van der Waals surface area (Å²) in [5.41, 5.74) is 2.57. The number of carbonyl (C=O) groups is 1. The highest BCUT2D eigenvalue weighted by Crippen LogP contribution is 2.31. The fourth-order valence-corrected chi connectivity index (χ4v) is 5.66. The molecule has 3 aromatic rings. The van der Waals surface area contributed by atoms with Gasteiger partial charge in [-0.25, -0.2) is 8.42 Å². The molecule has 0 fully saturated rings. The van der Waals surface area contributed by atoms with Gasteiger partial charge in [-0.1, -0.05) is 24.6 Å². The summed E-state index contributed by atoms with van der Waals surface area (Å²) in [6.07, 6.45) is 3.27. The number of likely N-dealkylation sites (N-methyl/N-ethyl adjacent to an activating group) is 1. The molecule has 0 bridgehead atoms. The summed E-state index contributed by atoms with van der Waals surface area (Å²) in [6.45, 7) is 7.20. The normalized spacial score (nSPS) is 18.6. The number of hydrogen-bond acceptors (Lipinski definition) is 7. The van der Waals surface area contributed by atoms with Crippen LogP contribution in [0.5, 0.6) is 5.75 Å². The molecule has 39 heavy (non-hydrogen) atoms. The molecule has 1 amide bonds. The predicted octanol–water partition coefficient (Wildman–Crippen LogP) is 3.54. The van der Waals surface area contributed by atoms with Gasteiger partial charge in [0.05, 0.1) is 23.1 Å². The number of nitrogens with zero attached hydrogens (tertiary/aromatic N) is 3. The number of ether oxygens (including phenoxy) is 1. The average Bonchev–Trinajstić information content (AvgIpc) is 2.91. The van der Waals surface area contributed by atoms with Crippen LogP contribution < -0.4 is 9.46 Å². The quantitative estimate of drug-likeness (QED) is 0.418. The Balaban J connectivity index is 1.63. The van der Waals surface area contributed by atoms with Crippen molar-refractivity contribution in [3.05, 3.63) is 83.7 Å². The van der Waals surface area contributed by atoms with Crippen molar-refractivity contribution in [3.63, 3.8) is 0 Å². The lowest BCUT2D eigenvalue weighted by Crippen LogP contribution is -2.49. The third-order valence-electron chi connectivity index (χ3n) is 6.94. The van der Waals surface area contributed by atoms with Crippen LogP contribution in [0.1, 0.15) is 35.3 Å². The lowest BCUT2D eigenvalue weighted by molar-refractivity contribution is 0.0341. The van der Waals surface area contributed by atoms with Gasteiger partial charge in [-0.3, -0.25) is 19.4 Å². The first kappa shape index (κ1) is 28.5. The molecule has 1 aliphatic heterocycles. The van der Waals surface area contributed by atoms with Gasteiger partial charge in [0, 0.05) is 43.6 Å². The molecular weight excluding hydrogens is 516 g/mol. The molecule has 208 valence electrons. The molecule has 2 N–H and O–H groups in total. The minimum absolute atomic E-state index is 0.0318. The van der Waals surface area contributed by atoms with E-state index < -0.39 is 16.1 Å². The second-order valence-corrected chi connectivity index (χ2v) is 12.0. The molecule has 3 atom stereocenters. The molecule has 0 radical (unpaired) electrons. The molecule has 1 aromatic heterocycles. The number of aromatic nitrogens is 1. The number of aliphatic hydroxyl groups is 1. The summed E-state index contributed by atoms with van der Waals surface area (Å²) in [4.78, 5) is 21.7. The van der Waals surface area contributed by atoms with Crippen LogP contribution in [0, 0.1) is 12.8 Å². The van der Waals surface area contributed by atoms with Gasteiger partial charge in [-0.05, 0) is 68.9 Å². The monoisotopic (exact) mass is 552 g/mol. The highest BCUT2D eigenvalue weighted by molar-refractivity contribution is 7.92. The number of hydrogen-bond donors (Lipinski definition) is 2. The van der Waals surface area contributed by atoms with Crippen LogP contribution in [-0.4, -0.2) is 73.1 Å². The molecule has 0 spiro atoms. The fraction of sp³-hybridized carbons (Fsp3) is 0.379. The topological polar surface area (TPSA) is 112 Å². The summed E-state index contributed by atoms with van der Waals surface area (Å²) >= 11 is 0. The zero-order valence-corrected chi connectivity index (χ0v) is 23.6. The molecule has 0 saturated heterocycles. The molecule has 0 unspecified atom stereocenters. The number of benzene rings is 2. The Bertz CT molecular complexity index is 1380. The molecule has 1 aliphatic rings. The maximum atomic E-state index is 13.7. The number of sulfonamides is 1. The van der Waals surface area contributed by atoms with E-state index in [1.54, 1.807) is 60.6 Å². The predicted molar refractivity (Wildman–Crippen MR) is 150 cm³/mol. The summed E-state index contributed by atoms with van der Waals surface area (Å²) < 4.78 is 35.0. The second-order valence-electron chi connectivity index (χ2n) is 10.3. The van der Waals surface area contributed by atoms with Gasteiger partial charge in [0.15, 0.2) is 0 Å². The first-order valence-corrected chi connectivity index (χ1v) is 14.4. The van der Waals surface area contributed by atoms with Crippen LogP contribution in [0.25, 0.3) is 0 Å². The Kier molecular flexibility index (Phi) is 8.89. The molecular formula is C29H36N4O5S.